The molecule has 2 heteroatoms. The molecule has 1 aromatic rings. The maximum Gasteiger partial charge on any atom is 0.129 e. The van der Waals surface area contributed by atoms with Crippen LogP contribution in [0.15, 0.2) is 12.1 Å². The molecule has 2 heterocycles. The number of nitrogens with zero attached hydrogens (tertiary/aromatic N) is 1. The van der Waals surface area contributed by atoms with Gasteiger partial charge in [0.2, 0.25) is 0 Å². The molecule has 1 aliphatic rings. The summed E-state index contributed by atoms with van der Waals surface area (Å²) in [5.41, 5.74) is 2.67. The summed E-state index contributed by atoms with van der Waals surface area (Å²) < 4.78 is 0. The van der Waals surface area contributed by atoms with E-state index in [2.05, 4.69) is 31.3 Å². The van der Waals surface area contributed by atoms with Crippen LogP contribution >= 0.6 is 0 Å². The van der Waals surface area contributed by atoms with Crippen LogP contribution in [0.4, 0.5) is 5.82 Å². The first-order valence-electron chi connectivity index (χ1n) is 7.56. The standard InChI is InChI=1S/C16H26N2/c1-3-6-13(7-4-2)12-15-10-9-14-8-5-11-17-16(14)18-15/h9-10,13H,3-8,11-12H2,1-2H3,(H,17,18). The second kappa shape index (κ2) is 6.77. The normalized spacial score (nSPS) is 14.4. The van der Waals surface area contributed by atoms with E-state index in [1.807, 2.05) is 0 Å². The van der Waals surface area contributed by atoms with Gasteiger partial charge in [-0.3, -0.25) is 0 Å². The van der Waals surface area contributed by atoms with Crippen LogP contribution in [0.5, 0.6) is 0 Å². The highest BCUT2D eigenvalue weighted by atomic mass is 15.0. The van der Waals surface area contributed by atoms with E-state index in [9.17, 15) is 0 Å². The maximum atomic E-state index is 4.81. The van der Waals surface area contributed by atoms with Gasteiger partial charge in [0, 0.05) is 12.2 Å². The number of fused-ring (bicyclic) bond motifs is 1. The van der Waals surface area contributed by atoms with E-state index in [1.54, 1.807) is 0 Å². The molecule has 0 atom stereocenters. The van der Waals surface area contributed by atoms with E-state index in [-0.39, 0.29) is 0 Å². The van der Waals surface area contributed by atoms with E-state index in [1.165, 1.54) is 49.8 Å². The van der Waals surface area contributed by atoms with E-state index in [0.29, 0.717) is 0 Å². The molecular weight excluding hydrogens is 220 g/mol. The molecule has 0 unspecified atom stereocenters. The van der Waals surface area contributed by atoms with Crippen LogP contribution in [-0.2, 0) is 12.8 Å². The summed E-state index contributed by atoms with van der Waals surface area (Å²) in [6.45, 7) is 5.64. The van der Waals surface area contributed by atoms with Gasteiger partial charge in [-0.05, 0) is 36.8 Å². The summed E-state index contributed by atoms with van der Waals surface area (Å²) in [5, 5.41) is 3.43. The second-order valence-electron chi connectivity index (χ2n) is 5.49. The van der Waals surface area contributed by atoms with Crippen LogP contribution in [0.25, 0.3) is 0 Å². The number of pyridine rings is 1. The fourth-order valence-corrected chi connectivity index (χ4v) is 2.94. The molecule has 2 rings (SSSR count). The first-order valence-corrected chi connectivity index (χ1v) is 7.56. The van der Waals surface area contributed by atoms with Gasteiger partial charge >= 0.3 is 0 Å². The van der Waals surface area contributed by atoms with Crippen LogP contribution in [0.2, 0.25) is 0 Å². The number of aryl methyl sites for hydroxylation is 1. The average molecular weight is 246 g/mol. The van der Waals surface area contributed by atoms with Crippen molar-refractivity contribution in [3.8, 4) is 0 Å². The third-order valence-corrected chi connectivity index (χ3v) is 3.84. The van der Waals surface area contributed by atoms with Crippen LogP contribution in [0.3, 0.4) is 0 Å². The molecule has 0 amide bonds. The van der Waals surface area contributed by atoms with Gasteiger partial charge in [-0.1, -0.05) is 45.6 Å². The summed E-state index contributed by atoms with van der Waals surface area (Å²) >= 11 is 0. The zero-order valence-electron chi connectivity index (χ0n) is 11.8. The van der Waals surface area contributed by atoms with Gasteiger partial charge in [0.1, 0.15) is 5.82 Å². The van der Waals surface area contributed by atoms with Gasteiger partial charge in [0.05, 0.1) is 0 Å². The Balaban J connectivity index is 2.03. The van der Waals surface area contributed by atoms with Crippen molar-refractivity contribution in [2.75, 3.05) is 11.9 Å². The van der Waals surface area contributed by atoms with E-state index < -0.39 is 0 Å². The monoisotopic (exact) mass is 246 g/mol. The lowest BCUT2D eigenvalue weighted by atomic mass is 9.93. The van der Waals surface area contributed by atoms with Crippen molar-refractivity contribution in [3.63, 3.8) is 0 Å². The zero-order chi connectivity index (χ0) is 12.8. The molecule has 18 heavy (non-hydrogen) atoms. The quantitative estimate of drug-likeness (QED) is 0.813. The van der Waals surface area contributed by atoms with Crippen molar-refractivity contribution >= 4 is 5.82 Å². The number of nitrogens with one attached hydrogen (secondary N) is 1. The van der Waals surface area contributed by atoms with Gasteiger partial charge in [-0.2, -0.15) is 0 Å². The molecule has 100 valence electrons. The molecule has 0 aliphatic carbocycles. The number of aromatic nitrogens is 1. The predicted octanol–water partition coefficient (Wildman–Crippen LogP) is 4.20. The molecule has 1 N–H and O–H groups in total. The summed E-state index contributed by atoms with van der Waals surface area (Å²) in [4.78, 5) is 4.81. The topological polar surface area (TPSA) is 24.9 Å². The van der Waals surface area contributed by atoms with Crippen molar-refractivity contribution in [1.29, 1.82) is 0 Å². The fourth-order valence-electron chi connectivity index (χ4n) is 2.94. The lowest BCUT2D eigenvalue weighted by Gasteiger charge is -2.19. The van der Waals surface area contributed by atoms with Crippen LogP contribution < -0.4 is 5.32 Å². The highest BCUT2D eigenvalue weighted by molar-refractivity contribution is 5.47. The Hall–Kier alpha value is -1.05. The third kappa shape index (κ3) is 3.47. The van der Waals surface area contributed by atoms with Crippen LogP contribution in [0, 0.1) is 5.92 Å². The highest BCUT2D eigenvalue weighted by Gasteiger charge is 2.13. The summed E-state index contributed by atoms with van der Waals surface area (Å²) in [6.07, 6.45) is 8.81. The molecule has 0 aromatic carbocycles. The number of hydrogen-bond acceptors (Lipinski definition) is 2. The molecule has 2 nitrogen and oxygen atoms in total. The fraction of sp³-hybridized carbons (Fsp3) is 0.688. The number of hydrogen-bond donors (Lipinski definition) is 1. The summed E-state index contributed by atoms with van der Waals surface area (Å²) in [6, 6.07) is 4.52. The highest BCUT2D eigenvalue weighted by Crippen LogP contribution is 2.23. The first kappa shape index (κ1) is 13.4. The van der Waals surface area contributed by atoms with E-state index in [4.69, 9.17) is 4.98 Å². The van der Waals surface area contributed by atoms with E-state index in [0.717, 1.165) is 24.7 Å². The Bertz CT molecular complexity index is 367. The summed E-state index contributed by atoms with van der Waals surface area (Å²) in [5.74, 6) is 1.96. The number of anilines is 1. The average Bonchev–Trinajstić information content (AvgIpc) is 2.39. The Kier molecular flexibility index (Phi) is 5.03. The Morgan fingerprint density at radius 2 is 2.00 bits per heavy atom. The molecule has 0 fully saturated rings. The van der Waals surface area contributed by atoms with Crippen molar-refractivity contribution in [2.24, 2.45) is 5.92 Å². The van der Waals surface area contributed by atoms with Crippen LogP contribution in [-0.4, -0.2) is 11.5 Å². The van der Waals surface area contributed by atoms with Crippen LogP contribution in [0.1, 0.15) is 57.2 Å². The smallest absolute Gasteiger partial charge is 0.129 e. The SMILES string of the molecule is CCCC(CCC)Cc1ccc2c(n1)NCCC2. The first-order chi connectivity index (χ1) is 8.83. The molecular formula is C16H26N2. The maximum absolute atomic E-state index is 4.81. The summed E-state index contributed by atoms with van der Waals surface area (Å²) in [7, 11) is 0. The van der Waals surface area contributed by atoms with Gasteiger partial charge in [-0.25, -0.2) is 4.98 Å². The molecule has 0 saturated carbocycles. The molecule has 1 aliphatic heterocycles. The van der Waals surface area contributed by atoms with Gasteiger partial charge < -0.3 is 5.32 Å². The second-order valence-corrected chi connectivity index (χ2v) is 5.49. The van der Waals surface area contributed by atoms with Gasteiger partial charge in [0.15, 0.2) is 0 Å². The van der Waals surface area contributed by atoms with Gasteiger partial charge in [-0.15, -0.1) is 0 Å². The minimum absolute atomic E-state index is 0.814. The Morgan fingerprint density at radius 1 is 1.22 bits per heavy atom. The minimum atomic E-state index is 0.814. The third-order valence-electron chi connectivity index (χ3n) is 3.84. The molecule has 0 saturated heterocycles. The minimum Gasteiger partial charge on any atom is -0.370 e. The largest absolute Gasteiger partial charge is 0.370 e. The Labute approximate surface area is 111 Å². The number of rotatable bonds is 6. The van der Waals surface area contributed by atoms with E-state index >= 15 is 0 Å². The zero-order valence-corrected chi connectivity index (χ0v) is 11.8. The van der Waals surface area contributed by atoms with Crippen molar-refractivity contribution < 1.29 is 0 Å². The molecule has 0 radical (unpaired) electrons. The predicted molar refractivity (Wildman–Crippen MR) is 78.1 cm³/mol. The molecule has 1 aromatic heterocycles. The van der Waals surface area contributed by atoms with Gasteiger partial charge in [0.25, 0.3) is 0 Å². The van der Waals surface area contributed by atoms with Crippen molar-refractivity contribution in [3.05, 3.63) is 23.4 Å². The lowest BCUT2D eigenvalue weighted by molar-refractivity contribution is 0.434. The van der Waals surface area contributed by atoms with Crippen molar-refractivity contribution in [1.82, 2.24) is 4.98 Å². The molecule has 0 spiro atoms. The van der Waals surface area contributed by atoms with Crippen molar-refractivity contribution in [2.45, 2.75) is 58.8 Å². The lowest BCUT2D eigenvalue weighted by Crippen LogP contribution is -2.15. The Morgan fingerprint density at radius 3 is 2.72 bits per heavy atom. The molecule has 0 bridgehead atoms.